The maximum atomic E-state index is 12.4. The highest BCUT2D eigenvalue weighted by Gasteiger charge is 2.60. The Morgan fingerprint density at radius 2 is 1.84 bits per heavy atom. The lowest BCUT2D eigenvalue weighted by atomic mass is 10.0. The van der Waals surface area contributed by atoms with E-state index in [1.165, 1.54) is 5.57 Å². The van der Waals surface area contributed by atoms with Crippen LogP contribution in [0.2, 0.25) is 0 Å². The van der Waals surface area contributed by atoms with Gasteiger partial charge in [-0.1, -0.05) is 25.5 Å². The Morgan fingerprint density at radius 3 is 2.37 bits per heavy atom. The number of hydrogen-bond acceptors (Lipinski definition) is 2. The van der Waals surface area contributed by atoms with Gasteiger partial charge in [-0.05, 0) is 58.2 Å². The number of allylic oxidation sites excluding steroid dienone is 2. The zero-order valence-electron chi connectivity index (χ0n) is 13.0. The molecule has 1 aliphatic heterocycles. The van der Waals surface area contributed by atoms with Crippen molar-refractivity contribution in [2.75, 3.05) is 20.1 Å². The van der Waals surface area contributed by atoms with Crippen LogP contribution in [0.3, 0.4) is 0 Å². The van der Waals surface area contributed by atoms with Crippen LogP contribution in [0, 0.1) is 17.3 Å². The lowest BCUT2D eigenvalue weighted by Crippen LogP contribution is -2.44. The van der Waals surface area contributed by atoms with Gasteiger partial charge in [0.05, 0.1) is 5.92 Å². The van der Waals surface area contributed by atoms with E-state index in [9.17, 15) is 4.79 Å². The minimum absolute atomic E-state index is 0.132. The molecule has 2 atom stereocenters. The number of carbonyl (C=O) groups excluding carboxylic acids is 1. The summed E-state index contributed by atoms with van der Waals surface area (Å²) in [6.07, 6.45) is 4.43. The maximum absolute atomic E-state index is 12.4. The van der Waals surface area contributed by atoms with Crippen LogP contribution in [0.4, 0.5) is 0 Å². The summed E-state index contributed by atoms with van der Waals surface area (Å²) in [4.78, 5) is 14.7. The Hall–Kier alpha value is -0.830. The first-order chi connectivity index (χ1) is 8.82. The first-order valence-electron chi connectivity index (χ1n) is 7.46. The molecule has 108 valence electrons. The van der Waals surface area contributed by atoms with E-state index < -0.39 is 0 Å². The highest BCUT2D eigenvalue weighted by atomic mass is 16.2. The van der Waals surface area contributed by atoms with Gasteiger partial charge in [-0.3, -0.25) is 4.79 Å². The first-order valence-corrected chi connectivity index (χ1v) is 7.46. The lowest BCUT2D eigenvalue weighted by molar-refractivity contribution is -0.124. The molecule has 1 heterocycles. The van der Waals surface area contributed by atoms with Gasteiger partial charge in [0.2, 0.25) is 5.91 Å². The van der Waals surface area contributed by atoms with Gasteiger partial charge < -0.3 is 10.2 Å². The highest BCUT2D eigenvalue weighted by Crippen LogP contribution is 2.59. The van der Waals surface area contributed by atoms with Crippen molar-refractivity contribution < 1.29 is 4.79 Å². The van der Waals surface area contributed by atoms with Crippen molar-refractivity contribution in [2.45, 2.75) is 46.6 Å². The van der Waals surface area contributed by atoms with Gasteiger partial charge in [0.1, 0.15) is 0 Å². The average Bonchev–Trinajstić information content (AvgIpc) is 2.83. The van der Waals surface area contributed by atoms with Crippen molar-refractivity contribution in [2.24, 2.45) is 17.3 Å². The van der Waals surface area contributed by atoms with Crippen LogP contribution >= 0.6 is 0 Å². The molecule has 2 rings (SSSR count). The molecule has 1 saturated carbocycles. The molecule has 2 unspecified atom stereocenters. The van der Waals surface area contributed by atoms with Gasteiger partial charge in [0, 0.05) is 6.04 Å². The summed E-state index contributed by atoms with van der Waals surface area (Å²) < 4.78 is 0. The van der Waals surface area contributed by atoms with E-state index in [0.29, 0.717) is 12.0 Å². The van der Waals surface area contributed by atoms with Gasteiger partial charge in [-0.25, -0.2) is 0 Å². The predicted molar refractivity (Wildman–Crippen MR) is 78.9 cm³/mol. The maximum Gasteiger partial charge on any atom is 0.224 e. The Morgan fingerprint density at radius 1 is 1.26 bits per heavy atom. The van der Waals surface area contributed by atoms with Gasteiger partial charge in [0.25, 0.3) is 0 Å². The van der Waals surface area contributed by atoms with Crippen LogP contribution < -0.4 is 5.32 Å². The fourth-order valence-electron chi connectivity index (χ4n) is 3.29. The number of nitrogens with zero attached hydrogens (tertiary/aromatic N) is 1. The summed E-state index contributed by atoms with van der Waals surface area (Å²) in [5.74, 6) is 0.855. The van der Waals surface area contributed by atoms with E-state index in [4.69, 9.17) is 0 Å². The number of rotatable bonds is 3. The van der Waals surface area contributed by atoms with Gasteiger partial charge in [-0.2, -0.15) is 0 Å². The molecule has 3 nitrogen and oxygen atoms in total. The van der Waals surface area contributed by atoms with Crippen molar-refractivity contribution >= 4 is 5.91 Å². The SMILES string of the molecule is CC(C)=CC1C(C(=O)NC2CCN(C)CC2)C1(C)C. The third-order valence-electron chi connectivity index (χ3n) is 4.77. The largest absolute Gasteiger partial charge is 0.353 e. The monoisotopic (exact) mass is 264 g/mol. The summed E-state index contributed by atoms with van der Waals surface area (Å²) in [6, 6.07) is 0.382. The molecule has 0 aromatic carbocycles. The summed E-state index contributed by atoms with van der Waals surface area (Å²) in [7, 11) is 2.15. The van der Waals surface area contributed by atoms with Crippen molar-refractivity contribution in [3.05, 3.63) is 11.6 Å². The molecule has 0 radical (unpaired) electrons. The van der Waals surface area contributed by atoms with Gasteiger partial charge in [0.15, 0.2) is 0 Å². The number of likely N-dealkylation sites (tertiary alicyclic amines) is 1. The molecule has 1 amide bonds. The topological polar surface area (TPSA) is 32.3 Å². The minimum atomic E-state index is 0.132. The summed E-state index contributed by atoms with van der Waals surface area (Å²) >= 11 is 0. The molecular weight excluding hydrogens is 236 g/mol. The normalized spacial score (nSPS) is 30.8. The fourth-order valence-corrected chi connectivity index (χ4v) is 3.29. The third kappa shape index (κ3) is 3.19. The second kappa shape index (κ2) is 5.28. The lowest BCUT2D eigenvalue weighted by Gasteiger charge is -2.29. The number of hydrogen-bond donors (Lipinski definition) is 1. The van der Waals surface area contributed by atoms with E-state index in [0.717, 1.165) is 25.9 Å². The molecule has 1 aliphatic carbocycles. The second-order valence-electron chi connectivity index (χ2n) is 7.15. The third-order valence-corrected chi connectivity index (χ3v) is 4.77. The summed E-state index contributed by atoms with van der Waals surface area (Å²) in [5.41, 5.74) is 1.44. The van der Waals surface area contributed by atoms with E-state index >= 15 is 0 Å². The van der Waals surface area contributed by atoms with Crippen LogP contribution in [0.5, 0.6) is 0 Å². The fraction of sp³-hybridized carbons (Fsp3) is 0.812. The number of nitrogens with one attached hydrogen (secondary N) is 1. The Bertz CT molecular complexity index is 374. The molecule has 0 bridgehead atoms. The van der Waals surface area contributed by atoms with Crippen molar-refractivity contribution in [1.29, 1.82) is 0 Å². The Balaban J connectivity index is 1.89. The molecule has 19 heavy (non-hydrogen) atoms. The van der Waals surface area contributed by atoms with Crippen LogP contribution in [0.1, 0.15) is 40.5 Å². The minimum Gasteiger partial charge on any atom is -0.353 e. The standard InChI is InChI=1S/C16H28N2O/c1-11(2)10-13-14(16(13,3)4)15(19)17-12-6-8-18(5)9-7-12/h10,12-14H,6-9H2,1-5H3,(H,17,19). The molecule has 0 aromatic heterocycles. The summed E-state index contributed by atoms with van der Waals surface area (Å²) in [5, 5.41) is 3.27. The predicted octanol–water partition coefficient (Wildman–Crippen LogP) is 2.44. The van der Waals surface area contributed by atoms with Crippen molar-refractivity contribution in [3.8, 4) is 0 Å². The smallest absolute Gasteiger partial charge is 0.224 e. The Kier molecular flexibility index (Phi) is 4.05. The molecule has 3 heteroatoms. The number of piperidine rings is 1. The van der Waals surface area contributed by atoms with E-state index in [2.05, 4.69) is 51.0 Å². The number of amides is 1. The molecule has 0 aromatic rings. The quantitative estimate of drug-likeness (QED) is 0.794. The van der Waals surface area contributed by atoms with Gasteiger partial charge >= 0.3 is 0 Å². The van der Waals surface area contributed by atoms with Crippen molar-refractivity contribution in [1.82, 2.24) is 10.2 Å². The van der Waals surface area contributed by atoms with Crippen LogP contribution in [0.15, 0.2) is 11.6 Å². The second-order valence-corrected chi connectivity index (χ2v) is 7.15. The van der Waals surface area contributed by atoms with E-state index in [1.54, 1.807) is 0 Å². The highest BCUT2D eigenvalue weighted by molar-refractivity contribution is 5.84. The zero-order chi connectivity index (χ0) is 14.2. The molecule has 0 spiro atoms. The summed E-state index contributed by atoms with van der Waals surface area (Å²) in [6.45, 7) is 10.8. The molecule has 1 saturated heterocycles. The van der Waals surface area contributed by atoms with Crippen LogP contribution in [-0.2, 0) is 4.79 Å². The molecule has 1 N–H and O–H groups in total. The van der Waals surface area contributed by atoms with Gasteiger partial charge in [-0.15, -0.1) is 0 Å². The molecule has 2 fully saturated rings. The van der Waals surface area contributed by atoms with E-state index in [1.807, 2.05) is 0 Å². The number of carbonyl (C=O) groups is 1. The van der Waals surface area contributed by atoms with E-state index in [-0.39, 0.29) is 17.2 Å². The molecule has 2 aliphatic rings. The first kappa shape index (κ1) is 14.6. The van der Waals surface area contributed by atoms with Crippen LogP contribution in [-0.4, -0.2) is 37.0 Å². The average molecular weight is 264 g/mol. The van der Waals surface area contributed by atoms with Crippen LogP contribution in [0.25, 0.3) is 0 Å². The van der Waals surface area contributed by atoms with Crippen molar-refractivity contribution in [3.63, 3.8) is 0 Å². The Labute approximate surface area is 117 Å². The molecular formula is C16H28N2O. The zero-order valence-corrected chi connectivity index (χ0v) is 13.0.